The molecule has 0 radical (unpaired) electrons. The van der Waals surface area contributed by atoms with Gasteiger partial charge in [0.05, 0.1) is 5.41 Å². The van der Waals surface area contributed by atoms with Crippen LogP contribution in [-0.4, -0.2) is 24.4 Å². The normalized spacial score (nSPS) is 23.0. The number of likely N-dealkylation sites (N-methyl/N-ethyl adjacent to an activating group) is 1. The zero-order valence-electron chi connectivity index (χ0n) is 24.7. The second-order valence-corrected chi connectivity index (χ2v) is 14.3. The molecule has 3 aromatic rings. The van der Waals surface area contributed by atoms with Crippen LogP contribution in [0.5, 0.6) is 0 Å². The molecule has 3 heterocycles. The van der Waals surface area contributed by atoms with Gasteiger partial charge in [-0.15, -0.1) is 11.3 Å². The van der Waals surface area contributed by atoms with Crippen molar-refractivity contribution in [1.82, 2.24) is 0 Å². The smallest absolute Gasteiger partial charge is 0.209 e. The Bertz CT molecular complexity index is 1640. The first kappa shape index (κ1) is 30.1. The van der Waals surface area contributed by atoms with Crippen molar-refractivity contribution in [1.29, 1.82) is 0 Å². The van der Waals surface area contributed by atoms with E-state index in [1.54, 1.807) is 0 Å². The Morgan fingerprint density at radius 1 is 0.902 bits per heavy atom. The van der Waals surface area contributed by atoms with Gasteiger partial charge in [-0.1, -0.05) is 68.5 Å². The number of nitrogens with zero attached hydrogens (tertiary/aromatic N) is 2. The van der Waals surface area contributed by atoms with Crippen LogP contribution in [0.2, 0.25) is 0 Å². The molecule has 1 aromatic heterocycles. The van der Waals surface area contributed by atoms with Gasteiger partial charge in [-0.2, -0.15) is 4.58 Å². The summed E-state index contributed by atoms with van der Waals surface area (Å²) in [5.41, 5.74) is 11.0. The molecule has 0 spiro atoms. The van der Waals surface area contributed by atoms with Crippen molar-refractivity contribution >= 4 is 51.0 Å². The lowest BCUT2D eigenvalue weighted by atomic mass is 9.80. The molecular formula is C36H38ClIN2S. The van der Waals surface area contributed by atoms with Crippen LogP contribution in [-0.2, 0) is 10.8 Å². The van der Waals surface area contributed by atoms with E-state index < -0.39 is 0 Å². The monoisotopic (exact) mass is 692 g/mol. The molecular weight excluding hydrogens is 655 g/mol. The Hall–Kier alpha value is -2.41. The molecule has 0 saturated heterocycles. The summed E-state index contributed by atoms with van der Waals surface area (Å²) in [5.74, 6) is 0.431. The van der Waals surface area contributed by atoms with Crippen molar-refractivity contribution in [2.75, 3.05) is 19.0 Å². The van der Waals surface area contributed by atoms with Crippen molar-refractivity contribution in [2.45, 2.75) is 57.3 Å². The van der Waals surface area contributed by atoms with Gasteiger partial charge in [-0.25, -0.2) is 0 Å². The van der Waals surface area contributed by atoms with Gasteiger partial charge < -0.3 is 17.3 Å². The van der Waals surface area contributed by atoms with E-state index in [1.807, 2.05) is 11.3 Å². The molecule has 2 aliphatic heterocycles. The number of allylic oxidation sites excluding steroid dienone is 8. The van der Waals surface area contributed by atoms with Gasteiger partial charge in [-0.05, 0) is 89.6 Å². The minimum atomic E-state index is -0.0301. The molecule has 3 aliphatic rings. The second kappa shape index (κ2) is 11.3. The molecule has 5 heteroatoms. The van der Waals surface area contributed by atoms with Gasteiger partial charge >= 0.3 is 0 Å². The molecule has 0 fully saturated rings. The summed E-state index contributed by atoms with van der Waals surface area (Å²) in [6, 6.07) is 22.1. The zero-order chi connectivity index (χ0) is 28.2. The van der Waals surface area contributed by atoms with Crippen LogP contribution >= 0.6 is 33.9 Å². The van der Waals surface area contributed by atoms with Gasteiger partial charge in [0.15, 0.2) is 5.71 Å². The number of hydrogen-bond donors (Lipinski definition) is 0. The van der Waals surface area contributed by atoms with E-state index in [1.165, 1.54) is 53.5 Å². The van der Waals surface area contributed by atoms with Crippen LogP contribution in [0.25, 0.3) is 0 Å². The number of thiophene rings is 1. The number of para-hydroxylation sites is 2. The van der Waals surface area contributed by atoms with E-state index in [2.05, 4.69) is 164 Å². The molecule has 1 unspecified atom stereocenters. The Kier molecular flexibility index (Phi) is 8.32. The maximum Gasteiger partial charge on any atom is 0.209 e. The first-order valence-corrected chi connectivity index (χ1v) is 16.1. The first-order chi connectivity index (χ1) is 19.1. The third kappa shape index (κ3) is 5.00. The number of anilines is 1. The predicted molar refractivity (Wildman–Crippen MR) is 181 cm³/mol. The number of hydrogen-bond acceptors (Lipinski definition) is 2. The maximum atomic E-state index is 2.62. The molecule has 0 N–H and O–H groups in total. The maximum absolute atomic E-state index is 2.62. The molecule has 0 bridgehead atoms. The molecule has 2 nitrogen and oxygen atoms in total. The topological polar surface area (TPSA) is 6.25 Å². The predicted octanol–water partition coefficient (Wildman–Crippen LogP) is 6.82. The Morgan fingerprint density at radius 2 is 1.61 bits per heavy atom. The lowest BCUT2D eigenvalue weighted by molar-refractivity contribution is -0.401. The quantitative estimate of drug-likeness (QED) is 0.215. The van der Waals surface area contributed by atoms with E-state index in [4.69, 9.17) is 0 Å². The van der Waals surface area contributed by atoms with Crippen LogP contribution < -0.4 is 17.3 Å². The average Bonchev–Trinajstić information content (AvgIpc) is 3.59. The number of benzene rings is 2. The summed E-state index contributed by atoms with van der Waals surface area (Å²) in [6.45, 7) is 9.39. The lowest BCUT2D eigenvalue weighted by Crippen LogP contribution is -3.00. The van der Waals surface area contributed by atoms with Crippen LogP contribution in [0.3, 0.4) is 0 Å². The molecule has 41 heavy (non-hydrogen) atoms. The van der Waals surface area contributed by atoms with Gasteiger partial charge in [0.2, 0.25) is 5.69 Å². The van der Waals surface area contributed by atoms with Crippen LogP contribution in [0, 0.1) is 0 Å². The molecule has 1 atom stereocenters. The van der Waals surface area contributed by atoms with Gasteiger partial charge in [0.1, 0.15) is 7.05 Å². The SMILES string of the molecule is CN1C(=CC=C2C(I)=C(C=CC3=[N+](C)c4ccccc4C3(C)C)CCC2c2cccs2)C(C)(C)c2ccccc21.[Cl-]. The van der Waals surface area contributed by atoms with E-state index in [-0.39, 0.29) is 23.2 Å². The Balaban J connectivity index is 0.00000337. The molecule has 1 aliphatic carbocycles. The number of rotatable bonds is 4. The van der Waals surface area contributed by atoms with Crippen molar-refractivity contribution in [3.63, 3.8) is 0 Å². The van der Waals surface area contributed by atoms with Crippen molar-refractivity contribution in [2.24, 2.45) is 0 Å². The highest BCUT2D eigenvalue weighted by molar-refractivity contribution is 14.1. The van der Waals surface area contributed by atoms with Gasteiger partial charge in [0, 0.05) is 55.9 Å². The average molecular weight is 693 g/mol. The summed E-state index contributed by atoms with van der Waals surface area (Å²) in [7, 11) is 4.41. The summed E-state index contributed by atoms with van der Waals surface area (Å²) >= 11 is 4.51. The van der Waals surface area contributed by atoms with Crippen LogP contribution in [0.4, 0.5) is 11.4 Å². The van der Waals surface area contributed by atoms with Crippen LogP contribution in [0.1, 0.15) is 62.5 Å². The Morgan fingerprint density at radius 3 is 2.29 bits per heavy atom. The third-order valence-corrected chi connectivity index (χ3v) is 11.5. The molecule has 2 aromatic carbocycles. The number of halogens is 2. The highest BCUT2D eigenvalue weighted by Crippen LogP contribution is 2.49. The largest absolute Gasteiger partial charge is 1.00 e. The summed E-state index contributed by atoms with van der Waals surface area (Å²) in [4.78, 5) is 3.84. The minimum absolute atomic E-state index is 0. The summed E-state index contributed by atoms with van der Waals surface area (Å²) in [5, 5.41) is 2.22. The number of fused-ring (bicyclic) bond motifs is 2. The van der Waals surface area contributed by atoms with E-state index in [9.17, 15) is 0 Å². The van der Waals surface area contributed by atoms with Gasteiger partial charge in [-0.3, -0.25) is 0 Å². The summed E-state index contributed by atoms with van der Waals surface area (Å²) in [6.07, 6.45) is 11.8. The second-order valence-electron chi connectivity index (χ2n) is 12.2. The standard InChI is InChI=1S/C36H38IN2S.ClH/c1-35(2)27-12-7-9-14-29(27)38(5)32(35)21-18-24-17-19-25(31-16-11-23-40-31)26(34(24)37)20-22-33-36(3,4)28-13-8-10-15-30(28)39(33)6;/h7-16,18,20-23,25H,17,19H2,1-6H3;1H/q+1;/p-1. The molecule has 6 rings (SSSR count). The highest BCUT2D eigenvalue weighted by atomic mass is 127. The molecule has 0 saturated carbocycles. The highest BCUT2D eigenvalue weighted by Gasteiger charge is 2.43. The third-order valence-electron chi connectivity index (χ3n) is 9.24. The van der Waals surface area contributed by atoms with E-state index in [0.717, 1.165) is 12.8 Å². The molecule has 0 amide bonds. The Labute approximate surface area is 269 Å². The van der Waals surface area contributed by atoms with Crippen molar-refractivity contribution < 1.29 is 17.0 Å². The fourth-order valence-corrected chi connectivity index (χ4v) is 8.87. The summed E-state index contributed by atoms with van der Waals surface area (Å²) < 4.78 is 3.76. The van der Waals surface area contributed by atoms with Crippen molar-refractivity contribution in [3.05, 3.63) is 127 Å². The first-order valence-electron chi connectivity index (χ1n) is 14.2. The fourth-order valence-electron chi connectivity index (χ4n) is 6.99. The minimum Gasteiger partial charge on any atom is -1.00 e. The van der Waals surface area contributed by atoms with E-state index >= 15 is 0 Å². The van der Waals surface area contributed by atoms with Crippen LogP contribution in [0.15, 0.2) is 111 Å². The fraction of sp³-hybridized carbons (Fsp3) is 0.306. The van der Waals surface area contributed by atoms with Gasteiger partial charge in [0.25, 0.3) is 0 Å². The molecule has 212 valence electrons. The zero-order valence-corrected chi connectivity index (χ0v) is 28.4. The van der Waals surface area contributed by atoms with Crippen molar-refractivity contribution in [3.8, 4) is 0 Å². The van der Waals surface area contributed by atoms with E-state index in [0.29, 0.717) is 5.92 Å². The lowest BCUT2D eigenvalue weighted by Gasteiger charge is -2.27.